The average Bonchev–Trinajstić information content (AvgIpc) is 3.13. The van der Waals surface area contributed by atoms with E-state index in [1.807, 2.05) is 10.7 Å². The van der Waals surface area contributed by atoms with Crippen molar-refractivity contribution >= 4 is 11.8 Å². The van der Waals surface area contributed by atoms with Gasteiger partial charge in [0.1, 0.15) is 12.7 Å². The molecule has 0 saturated heterocycles. The predicted octanol–water partition coefficient (Wildman–Crippen LogP) is 3.53. The molecule has 118 valence electrons. The number of rotatable bonds is 7. The van der Waals surface area contributed by atoms with Crippen LogP contribution in [0.2, 0.25) is 0 Å². The van der Waals surface area contributed by atoms with Crippen LogP contribution in [0.1, 0.15) is 17.2 Å². The van der Waals surface area contributed by atoms with Crippen LogP contribution in [0.4, 0.5) is 0 Å². The van der Waals surface area contributed by atoms with Crippen molar-refractivity contribution in [1.29, 1.82) is 0 Å². The summed E-state index contributed by atoms with van der Waals surface area (Å²) in [5, 5.41) is 7.85. The van der Waals surface area contributed by atoms with Crippen molar-refractivity contribution in [2.45, 2.75) is 24.0 Å². The van der Waals surface area contributed by atoms with E-state index in [0.29, 0.717) is 0 Å². The van der Waals surface area contributed by atoms with Crippen LogP contribution in [0.5, 0.6) is 0 Å². The fraction of sp³-hybridized carbons (Fsp3) is 0.222. The molecule has 4 nitrogen and oxygen atoms in total. The normalized spacial score (nSPS) is 12.2. The number of hydrogen-bond acceptors (Lipinski definition) is 4. The topological polar surface area (TPSA) is 42.7 Å². The van der Waals surface area contributed by atoms with Crippen molar-refractivity contribution in [2.24, 2.45) is 0 Å². The molecular weight excluding hydrogens is 304 g/mol. The third-order valence-electron chi connectivity index (χ3n) is 3.75. The highest BCUT2D eigenvalue weighted by Crippen LogP contribution is 2.17. The predicted molar refractivity (Wildman–Crippen MR) is 94.3 cm³/mol. The molecule has 0 fully saturated rings. The summed E-state index contributed by atoms with van der Waals surface area (Å²) < 4.78 is 1.86. The molecule has 0 radical (unpaired) electrons. The third kappa shape index (κ3) is 4.43. The van der Waals surface area contributed by atoms with Gasteiger partial charge >= 0.3 is 0 Å². The summed E-state index contributed by atoms with van der Waals surface area (Å²) in [6.45, 7) is 1.58. The van der Waals surface area contributed by atoms with Crippen LogP contribution in [0, 0.1) is 0 Å². The highest BCUT2D eigenvalue weighted by Gasteiger charge is 2.12. The van der Waals surface area contributed by atoms with Crippen molar-refractivity contribution in [1.82, 2.24) is 20.1 Å². The summed E-state index contributed by atoms with van der Waals surface area (Å²) in [6, 6.07) is 19.3. The van der Waals surface area contributed by atoms with E-state index in [0.717, 1.165) is 13.1 Å². The number of hydrogen-bond donors (Lipinski definition) is 1. The maximum atomic E-state index is 4.22. The quantitative estimate of drug-likeness (QED) is 0.675. The highest BCUT2D eigenvalue weighted by molar-refractivity contribution is 7.98. The summed E-state index contributed by atoms with van der Waals surface area (Å²) in [5.41, 5.74) is 2.53. The van der Waals surface area contributed by atoms with Gasteiger partial charge in [0.2, 0.25) is 0 Å². The van der Waals surface area contributed by atoms with E-state index in [1.165, 1.54) is 16.0 Å². The Morgan fingerprint density at radius 3 is 2.52 bits per heavy atom. The molecule has 2 aromatic carbocycles. The first-order valence-electron chi connectivity index (χ1n) is 7.59. The minimum Gasteiger partial charge on any atom is -0.304 e. The largest absolute Gasteiger partial charge is 0.304 e. The molecular formula is C18H20N4S. The van der Waals surface area contributed by atoms with Crippen LogP contribution in [0.25, 0.3) is 0 Å². The fourth-order valence-electron chi connectivity index (χ4n) is 2.47. The molecule has 23 heavy (non-hydrogen) atoms. The molecule has 0 bridgehead atoms. The first-order valence-corrected chi connectivity index (χ1v) is 8.81. The van der Waals surface area contributed by atoms with Crippen LogP contribution in [-0.2, 0) is 13.1 Å². The molecule has 1 heterocycles. The Balaban J connectivity index is 1.70. The fourth-order valence-corrected chi connectivity index (χ4v) is 2.88. The van der Waals surface area contributed by atoms with Gasteiger partial charge in [-0.2, -0.15) is 5.10 Å². The Morgan fingerprint density at radius 1 is 1.09 bits per heavy atom. The molecule has 3 aromatic rings. The summed E-state index contributed by atoms with van der Waals surface area (Å²) >= 11 is 1.76. The zero-order valence-corrected chi connectivity index (χ0v) is 13.9. The lowest BCUT2D eigenvalue weighted by Crippen LogP contribution is -2.25. The monoisotopic (exact) mass is 324 g/mol. The van der Waals surface area contributed by atoms with Gasteiger partial charge in [0.15, 0.2) is 0 Å². The van der Waals surface area contributed by atoms with E-state index >= 15 is 0 Å². The van der Waals surface area contributed by atoms with Crippen molar-refractivity contribution in [3.8, 4) is 0 Å². The molecule has 3 rings (SSSR count). The van der Waals surface area contributed by atoms with Gasteiger partial charge in [0.05, 0.1) is 12.6 Å². The van der Waals surface area contributed by atoms with Gasteiger partial charge in [-0.25, -0.2) is 4.98 Å². The second-order valence-electron chi connectivity index (χ2n) is 5.31. The molecule has 0 spiro atoms. The first-order chi connectivity index (χ1) is 11.3. The number of thioether (sulfide) groups is 1. The smallest absolute Gasteiger partial charge is 0.137 e. The molecule has 1 aromatic heterocycles. The van der Waals surface area contributed by atoms with E-state index in [-0.39, 0.29) is 6.04 Å². The Morgan fingerprint density at radius 2 is 1.87 bits per heavy atom. The van der Waals surface area contributed by atoms with Gasteiger partial charge in [0, 0.05) is 11.4 Å². The Hall–Kier alpha value is -2.11. The molecule has 0 aliphatic heterocycles. The van der Waals surface area contributed by atoms with E-state index in [2.05, 4.69) is 70.2 Å². The van der Waals surface area contributed by atoms with Crippen LogP contribution >= 0.6 is 11.8 Å². The molecule has 0 amide bonds. The maximum absolute atomic E-state index is 4.22. The van der Waals surface area contributed by atoms with E-state index in [9.17, 15) is 0 Å². The van der Waals surface area contributed by atoms with Crippen molar-refractivity contribution < 1.29 is 0 Å². The summed E-state index contributed by atoms with van der Waals surface area (Å²) in [6.07, 6.45) is 5.42. The molecule has 5 heteroatoms. The van der Waals surface area contributed by atoms with Crippen molar-refractivity contribution in [3.05, 3.63) is 78.4 Å². The van der Waals surface area contributed by atoms with E-state index in [1.54, 1.807) is 24.4 Å². The molecule has 0 aliphatic rings. The average molecular weight is 324 g/mol. The maximum Gasteiger partial charge on any atom is 0.137 e. The SMILES string of the molecule is CSc1ccc(CN[C@H](Cn2cncn2)c2ccccc2)cc1. The molecule has 0 saturated carbocycles. The van der Waals surface area contributed by atoms with E-state index in [4.69, 9.17) is 0 Å². The second-order valence-corrected chi connectivity index (χ2v) is 6.19. The van der Waals surface area contributed by atoms with Gasteiger partial charge in [-0.1, -0.05) is 42.5 Å². The number of aromatic nitrogens is 3. The minimum atomic E-state index is 0.193. The van der Waals surface area contributed by atoms with Crippen molar-refractivity contribution in [3.63, 3.8) is 0 Å². The summed E-state index contributed by atoms with van der Waals surface area (Å²) in [7, 11) is 0. The lowest BCUT2D eigenvalue weighted by atomic mass is 10.1. The van der Waals surface area contributed by atoms with E-state index < -0.39 is 0 Å². The number of nitrogens with zero attached hydrogens (tertiary/aromatic N) is 3. The summed E-state index contributed by atoms with van der Waals surface area (Å²) in [4.78, 5) is 5.32. The molecule has 1 N–H and O–H groups in total. The van der Waals surface area contributed by atoms with Gasteiger partial charge in [-0.3, -0.25) is 4.68 Å². The van der Waals surface area contributed by atoms with Crippen molar-refractivity contribution in [2.75, 3.05) is 6.26 Å². The molecule has 0 unspecified atom stereocenters. The Labute approximate surface area is 141 Å². The standard InChI is InChI=1S/C18H20N4S/c1-23-17-9-7-15(8-10-17)11-20-18(12-22-14-19-13-21-22)16-5-3-2-4-6-16/h2-10,13-14,18,20H,11-12H2,1H3/t18-/m1/s1. The van der Waals surface area contributed by atoms with Gasteiger partial charge in [-0.15, -0.1) is 11.8 Å². The van der Waals surface area contributed by atoms with Gasteiger partial charge in [0.25, 0.3) is 0 Å². The highest BCUT2D eigenvalue weighted by atomic mass is 32.2. The Bertz CT molecular complexity index is 696. The zero-order chi connectivity index (χ0) is 15.9. The second kappa shape index (κ2) is 7.94. The molecule has 0 aliphatic carbocycles. The van der Waals surface area contributed by atoms with Crippen LogP contribution in [-0.4, -0.2) is 21.0 Å². The lowest BCUT2D eigenvalue weighted by molar-refractivity contribution is 0.436. The lowest BCUT2D eigenvalue weighted by Gasteiger charge is -2.19. The van der Waals surface area contributed by atoms with Crippen LogP contribution in [0.15, 0.2) is 72.1 Å². The third-order valence-corrected chi connectivity index (χ3v) is 4.49. The summed E-state index contributed by atoms with van der Waals surface area (Å²) in [5.74, 6) is 0. The first kappa shape index (κ1) is 15.8. The van der Waals surface area contributed by atoms with Crippen LogP contribution in [0.3, 0.4) is 0 Å². The molecule has 1 atom stereocenters. The Kier molecular flexibility index (Phi) is 5.45. The van der Waals surface area contributed by atoms with Gasteiger partial charge in [-0.05, 0) is 29.5 Å². The number of benzene rings is 2. The zero-order valence-electron chi connectivity index (χ0n) is 13.1. The minimum absolute atomic E-state index is 0.193. The van der Waals surface area contributed by atoms with Gasteiger partial charge < -0.3 is 5.32 Å². The number of nitrogens with one attached hydrogen (secondary N) is 1. The van der Waals surface area contributed by atoms with Crippen LogP contribution < -0.4 is 5.32 Å².